The van der Waals surface area contributed by atoms with Crippen molar-refractivity contribution in [2.75, 3.05) is 14.1 Å². The van der Waals surface area contributed by atoms with Crippen LogP contribution in [-0.4, -0.2) is 36.8 Å². The lowest BCUT2D eigenvalue weighted by atomic mass is 10.0. The predicted molar refractivity (Wildman–Crippen MR) is 119 cm³/mol. The van der Waals surface area contributed by atoms with E-state index in [0.717, 1.165) is 27.1 Å². The molecule has 3 rings (SSSR count). The molecule has 6 heteroatoms. The van der Waals surface area contributed by atoms with Crippen molar-refractivity contribution in [2.45, 2.75) is 48.8 Å². The van der Waals surface area contributed by atoms with Gasteiger partial charge >= 0.3 is 0 Å². The molecule has 0 aliphatic carbocycles. The standard InChI is InChI=1S/C22H28N2O2S2/c1-15(2)18-11-13-19(14-12-18)28(25,26)24-16(3)22(27-17(4)23(5)6)20-9-7-8-10-21(20)24/h7-15,17H,1-6H3. The number of aromatic nitrogens is 1. The summed E-state index contributed by atoms with van der Waals surface area (Å²) in [6.45, 7) is 8.21. The molecule has 3 aromatic rings. The predicted octanol–water partition coefficient (Wildman–Crippen LogP) is 5.31. The Hall–Kier alpha value is -1.76. The molecule has 0 amide bonds. The minimum Gasteiger partial charge on any atom is -0.298 e. The Morgan fingerprint density at radius 3 is 2.14 bits per heavy atom. The van der Waals surface area contributed by atoms with Crippen LogP contribution in [0, 0.1) is 6.92 Å². The quantitative estimate of drug-likeness (QED) is 0.403. The van der Waals surface area contributed by atoms with E-state index in [0.29, 0.717) is 10.8 Å². The van der Waals surface area contributed by atoms with E-state index in [4.69, 9.17) is 0 Å². The molecule has 0 radical (unpaired) electrons. The fourth-order valence-electron chi connectivity index (χ4n) is 3.18. The second kappa shape index (κ2) is 7.93. The zero-order valence-corrected chi connectivity index (χ0v) is 18.9. The maximum Gasteiger partial charge on any atom is 0.268 e. The molecule has 28 heavy (non-hydrogen) atoms. The van der Waals surface area contributed by atoms with Crippen LogP contribution < -0.4 is 0 Å². The van der Waals surface area contributed by atoms with Gasteiger partial charge in [-0.25, -0.2) is 12.4 Å². The summed E-state index contributed by atoms with van der Waals surface area (Å²) in [4.78, 5) is 3.45. The number of nitrogens with zero attached hydrogens (tertiary/aromatic N) is 2. The molecule has 1 heterocycles. The average molecular weight is 417 g/mol. The summed E-state index contributed by atoms with van der Waals surface area (Å²) >= 11 is 1.69. The van der Waals surface area contributed by atoms with E-state index < -0.39 is 10.0 Å². The van der Waals surface area contributed by atoms with Gasteiger partial charge in [0.05, 0.1) is 15.8 Å². The average Bonchev–Trinajstić information content (AvgIpc) is 2.94. The Morgan fingerprint density at radius 2 is 1.57 bits per heavy atom. The summed E-state index contributed by atoms with van der Waals surface area (Å²) in [5, 5.41) is 1.20. The number of thioether (sulfide) groups is 1. The fraction of sp³-hybridized carbons (Fsp3) is 0.364. The number of hydrogen-bond donors (Lipinski definition) is 0. The number of rotatable bonds is 6. The number of benzene rings is 2. The van der Waals surface area contributed by atoms with Gasteiger partial charge in [0.2, 0.25) is 0 Å². The van der Waals surface area contributed by atoms with Crippen LogP contribution >= 0.6 is 11.8 Å². The van der Waals surface area contributed by atoms with Crippen molar-refractivity contribution in [1.82, 2.24) is 8.87 Å². The van der Waals surface area contributed by atoms with Gasteiger partial charge in [0.1, 0.15) is 0 Å². The van der Waals surface area contributed by atoms with Gasteiger partial charge in [-0.2, -0.15) is 0 Å². The Morgan fingerprint density at radius 1 is 0.964 bits per heavy atom. The molecule has 1 aromatic heterocycles. The molecular formula is C22H28N2O2S2. The molecule has 0 aliphatic rings. The second-order valence-electron chi connectivity index (χ2n) is 7.61. The highest BCUT2D eigenvalue weighted by Gasteiger charge is 2.26. The van der Waals surface area contributed by atoms with Gasteiger partial charge in [-0.05, 0) is 57.6 Å². The molecule has 0 saturated heterocycles. The van der Waals surface area contributed by atoms with Crippen LogP contribution in [0.15, 0.2) is 58.3 Å². The van der Waals surface area contributed by atoms with Gasteiger partial charge in [-0.1, -0.05) is 44.2 Å². The fourth-order valence-corrected chi connectivity index (χ4v) is 5.91. The van der Waals surface area contributed by atoms with Gasteiger partial charge in [0, 0.05) is 16.0 Å². The topological polar surface area (TPSA) is 42.3 Å². The van der Waals surface area contributed by atoms with E-state index in [-0.39, 0.29) is 5.37 Å². The Labute approximate surface area is 172 Å². The van der Waals surface area contributed by atoms with Crippen LogP contribution in [0.4, 0.5) is 0 Å². The van der Waals surface area contributed by atoms with Crippen LogP contribution in [0.1, 0.15) is 37.9 Å². The van der Waals surface area contributed by atoms with Crippen molar-refractivity contribution < 1.29 is 8.42 Å². The molecule has 0 spiro atoms. The molecule has 150 valence electrons. The first kappa shape index (κ1) is 21.0. The van der Waals surface area contributed by atoms with Crippen molar-refractivity contribution in [1.29, 1.82) is 0 Å². The van der Waals surface area contributed by atoms with Crippen LogP contribution in [0.25, 0.3) is 10.9 Å². The first-order chi connectivity index (χ1) is 13.1. The summed E-state index contributed by atoms with van der Waals surface area (Å²) in [5.41, 5.74) is 2.61. The lowest BCUT2D eigenvalue weighted by Gasteiger charge is -2.19. The SMILES string of the molecule is Cc1c(SC(C)N(C)C)c2ccccc2n1S(=O)(=O)c1ccc(C(C)C)cc1. The maximum atomic E-state index is 13.5. The highest BCUT2D eigenvalue weighted by Crippen LogP contribution is 2.38. The van der Waals surface area contributed by atoms with E-state index in [1.807, 2.05) is 57.4 Å². The first-order valence-electron chi connectivity index (χ1n) is 9.43. The second-order valence-corrected chi connectivity index (χ2v) is 10.7. The molecule has 0 bridgehead atoms. The van der Waals surface area contributed by atoms with Gasteiger partial charge in [-0.3, -0.25) is 4.90 Å². The highest BCUT2D eigenvalue weighted by atomic mass is 32.2. The lowest BCUT2D eigenvalue weighted by molar-refractivity contribution is 0.402. The van der Waals surface area contributed by atoms with Crippen LogP contribution in [-0.2, 0) is 10.0 Å². The van der Waals surface area contributed by atoms with Crippen molar-refractivity contribution in [3.63, 3.8) is 0 Å². The molecule has 1 unspecified atom stereocenters. The molecule has 0 fully saturated rings. The van der Waals surface area contributed by atoms with Crippen LogP contribution in [0.3, 0.4) is 0 Å². The molecule has 1 atom stereocenters. The highest BCUT2D eigenvalue weighted by molar-refractivity contribution is 8.00. The molecule has 2 aromatic carbocycles. The van der Waals surface area contributed by atoms with Gasteiger partial charge in [0.15, 0.2) is 0 Å². The third-order valence-corrected chi connectivity index (χ3v) is 8.43. The Kier molecular flexibility index (Phi) is 5.94. The van der Waals surface area contributed by atoms with E-state index in [9.17, 15) is 8.42 Å². The lowest BCUT2D eigenvalue weighted by Crippen LogP contribution is -2.21. The zero-order chi connectivity index (χ0) is 20.6. The molecule has 4 nitrogen and oxygen atoms in total. The first-order valence-corrected chi connectivity index (χ1v) is 11.7. The number of hydrogen-bond acceptors (Lipinski definition) is 4. The van der Waals surface area contributed by atoms with E-state index in [1.165, 1.54) is 3.97 Å². The summed E-state index contributed by atoms with van der Waals surface area (Å²) in [5.74, 6) is 0.362. The number of para-hydroxylation sites is 1. The summed E-state index contributed by atoms with van der Waals surface area (Å²) in [6, 6.07) is 15.0. The van der Waals surface area contributed by atoms with E-state index in [2.05, 4.69) is 25.7 Å². The van der Waals surface area contributed by atoms with Crippen molar-refractivity contribution in [3.8, 4) is 0 Å². The Bertz CT molecular complexity index is 1080. The minimum absolute atomic E-state index is 0.228. The van der Waals surface area contributed by atoms with Crippen molar-refractivity contribution >= 4 is 32.7 Å². The van der Waals surface area contributed by atoms with Gasteiger partial charge in [-0.15, -0.1) is 11.8 Å². The normalized spacial score (nSPS) is 13.6. The third-order valence-electron chi connectivity index (χ3n) is 5.10. The summed E-state index contributed by atoms with van der Waals surface area (Å²) in [6.07, 6.45) is 0. The molecule has 0 saturated carbocycles. The van der Waals surface area contributed by atoms with E-state index in [1.54, 1.807) is 23.9 Å². The van der Waals surface area contributed by atoms with Crippen LogP contribution in [0.2, 0.25) is 0 Å². The summed E-state index contributed by atoms with van der Waals surface area (Å²) in [7, 11) is 0.370. The molecular weight excluding hydrogens is 388 g/mol. The number of fused-ring (bicyclic) bond motifs is 1. The maximum absolute atomic E-state index is 13.5. The third kappa shape index (κ3) is 3.73. The Balaban J connectivity index is 2.18. The molecule has 0 aliphatic heterocycles. The molecule has 0 N–H and O–H groups in total. The van der Waals surface area contributed by atoms with E-state index >= 15 is 0 Å². The largest absolute Gasteiger partial charge is 0.298 e. The zero-order valence-electron chi connectivity index (χ0n) is 17.3. The smallest absolute Gasteiger partial charge is 0.268 e. The van der Waals surface area contributed by atoms with Crippen LogP contribution in [0.5, 0.6) is 0 Å². The van der Waals surface area contributed by atoms with Gasteiger partial charge in [0.25, 0.3) is 10.0 Å². The summed E-state index contributed by atoms with van der Waals surface area (Å²) < 4.78 is 28.5. The monoisotopic (exact) mass is 416 g/mol. The minimum atomic E-state index is -3.68. The van der Waals surface area contributed by atoms with Gasteiger partial charge < -0.3 is 0 Å². The van der Waals surface area contributed by atoms with Crippen molar-refractivity contribution in [3.05, 3.63) is 59.8 Å². The van der Waals surface area contributed by atoms with Crippen molar-refractivity contribution in [2.24, 2.45) is 0 Å².